The summed E-state index contributed by atoms with van der Waals surface area (Å²) in [7, 11) is -4.95. The van der Waals surface area contributed by atoms with E-state index in [0.29, 0.717) is 12.8 Å². The lowest BCUT2D eigenvalue weighted by atomic mass is 10.1. The predicted octanol–water partition coefficient (Wildman–Crippen LogP) is 4.12. The van der Waals surface area contributed by atoms with Crippen molar-refractivity contribution in [2.24, 2.45) is 0 Å². The van der Waals surface area contributed by atoms with E-state index in [1.165, 1.54) is 43.4 Å². The zero-order chi connectivity index (χ0) is 27.9. The van der Waals surface area contributed by atoms with Gasteiger partial charge < -0.3 is 19.8 Å². The van der Waals surface area contributed by atoms with Gasteiger partial charge in [-0.05, 0) is 32.1 Å². The van der Waals surface area contributed by atoms with Crippen molar-refractivity contribution in [1.29, 1.82) is 0 Å². The summed E-state index contributed by atoms with van der Waals surface area (Å²) in [5.41, 5.74) is 0. The Labute approximate surface area is 222 Å². The normalized spacial score (nSPS) is 12.5. The molecular weight excluding hydrogens is 502 g/mol. The quantitative estimate of drug-likeness (QED) is 0.0697. The molecule has 0 aromatic carbocycles. The van der Waals surface area contributed by atoms with Crippen LogP contribution >= 0.6 is 0 Å². The summed E-state index contributed by atoms with van der Waals surface area (Å²) in [5, 5.41) is 15.7. The third-order valence-electron chi connectivity index (χ3n) is 5.99. The number of carbonyl (C=O) groups excluding carboxylic acids is 2. The number of ether oxygens (including phenoxy) is 1. The minimum Gasteiger partial charge on any atom is -0.480 e. The maximum Gasteiger partial charge on any atom is 0.325 e. The average molecular weight is 550 g/mol. The summed E-state index contributed by atoms with van der Waals surface area (Å²) in [6.45, 7) is 1.72. The van der Waals surface area contributed by atoms with Crippen molar-refractivity contribution in [3.8, 4) is 0 Å². The van der Waals surface area contributed by atoms with E-state index in [1.807, 2.05) is 0 Å². The van der Waals surface area contributed by atoms with Gasteiger partial charge >= 0.3 is 11.9 Å². The van der Waals surface area contributed by atoms with Gasteiger partial charge in [0.2, 0.25) is 5.91 Å². The van der Waals surface area contributed by atoms with Crippen LogP contribution in [0.2, 0.25) is 0 Å². The standard InChI is InChI=1S/C26H47NO9S/c1-2-3-4-5-6-7-8-9-10-11-12-13-14-15-16-17-24(29)27(18-20-28)19-21-36-25(30)22-23(26(31)32)37(33,34)35/h9-10,23,28H,2-8,11-22H2,1H3,(H,31,32)(H,33,34,35)/b10-9-. The van der Waals surface area contributed by atoms with Gasteiger partial charge in [0.25, 0.3) is 10.1 Å². The Kier molecular flexibility index (Phi) is 20.9. The molecule has 0 aromatic rings. The lowest BCUT2D eigenvalue weighted by Gasteiger charge is -2.21. The smallest absolute Gasteiger partial charge is 0.325 e. The van der Waals surface area contributed by atoms with Gasteiger partial charge in [0.05, 0.1) is 19.6 Å². The monoisotopic (exact) mass is 549 g/mol. The van der Waals surface area contributed by atoms with Gasteiger partial charge in [0, 0.05) is 13.0 Å². The molecule has 0 aromatic heterocycles. The Morgan fingerprint density at radius 1 is 0.865 bits per heavy atom. The molecule has 0 spiro atoms. The molecule has 0 bridgehead atoms. The van der Waals surface area contributed by atoms with Crippen molar-refractivity contribution in [2.75, 3.05) is 26.3 Å². The summed E-state index contributed by atoms with van der Waals surface area (Å²) in [4.78, 5) is 36.4. The Hall–Kier alpha value is -1.98. The topological polar surface area (TPSA) is 159 Å². The molecule has 216 valence electrons. The Morgan fingerprint density at radius 2 is 1.41 bits per heavy atom. The first-order chi connectivity index (χ1) is 17.6. The molecule has 0 radical (unpaired) electrons. The fourth-order valence-corrected chi connectivity index (χ4v) is 4.39. The lowest BCUT2D eigenvalue weighted by molar-refractivity contribution is -0.148. The summed E-state index contributed by atoms with van der Waals surface area (Å²) >= 11 is 0. The van der Waals surface area contributed by atoms with Crippen LogP contribution in [0, 0.1) is 0 Å². The van der Waals surface area contributed by atoms with Crippen LogP contribution in [0.15, 0.2) is 12.2 Å². The van der Waals surface area contributed by atoms with Crippen molar-refractivity contribution in [3.63, 3.8) is 0 Å². The third-order valence-corrected chi connectivity index (χ3v) is 7.07. The van der Waals surface area contributed by atoms with Crippen LogP contribution in [-0.2, 0) is 29.2 Å². The largest absolute Gasteiger partial charge is 0.480 e. The van der Waals surface area contributed by atoms with Gasteiger partial charge in [-0.15, -0.1) is 0 Å². The Balaban J connectivity index is 4.00. The maximum atomic E-state index is 12.4. The van der Waals surface area contributed by atoms with E-state index < -0.39 is 33.7 Å². The molecular formula is C26H47NO9S. The van der Waals surface area contributed by atoms with Gasteiger partial charge in [-0.3, -0.25) is 18.9 Å². The number of aliphatic hydroxyl groups is 1. The molecule has 0 aliphatic carbocycles. The third kappa shape index (κ3) is 19.8. The molecule has 0 aliphatic heterocycles. The number of carboxylic acid groups (broad SMARTS) is 1. The SMILES string of the molecule is CCCCCCCC/C=C\CCCCCCCC(=O)N(CCO)CCOC(=O)CC(C(=O)O)S(=O)(=O)O. The van der Waals surface area contributed by atoms with Crippen LogP contribution in [0.25, 0.3) is 0 Å². The van der Waals surface area contributed by atoms with Crippen LogP contribution in [0.4, 0.5) is 0 Å². The fraction of sp³-hybridized carbons (Fsp3) is 0.808. The second-order valence-electron chi connectivity index (χ2n) is 9.21. The number of nitrogens with zero attached hydrogens (tertiary/aromatic N) is 1. The molecule has 0 heterocycles. The number of aliphatic hydroxyl groups excluding tert-OH is 1. The zero-order valence-electron chi connectivity index (χ0n) is 22.3. The van der Waals surface area contributed by atoms with E-state index in [2.05, 4.69) is 19.1 Å². The van der Waals surface area contributed by atoms with Crippen molar-refractivity contribution >= 4 is 28.0 Å². The van der Waals surface area contributed by atoms with Crippen molar-refractivity contribution in [1.82, 2.24) is 4.90 Å². The number of carbonyl (C=O) groups is 3. The first kappa shape index (κ1) is 35.0. The van der Waals surface area contributed by atoms with Gasteiger partial charge in [-0.25, -0.2) is 0 Å². The van der Waals surface area contributed by atoms with E-state index >= 15 is 0 Å². The number of aliphatic carboxylic acids is 1. The molecule has 10 nitrogen and oxygen atoms in total. The number of hydrogen-bond donors (Lipinski definition) is 3. The number of rotatable bonds is 24. The van der Waals surface area contributed by atoms with Gasteiger partial charge in [-0.1, -0.05) is 70.4 Å². The predicted molar refractivity (Wildman–Crippen MR) is 142 cm³/mol. The molecule has 11 heteroatoms. The van der Waals surface area contributed by atoms with E-state index in [1.54, 1.807) is 0 Å². The molecule has 0 rings (SSSR count). The molecule has 37 heavy (non-hydrogen) atoms. The highest BCUT2D eigenvalue weighted by Gasteiger charge is 2.34. The van der Waals surface area contributed by atoms with Crippen LogP contribution in [0.3, 0.4) is 0 Å². The van der Waals surface area contributed by atoms with Crippen molar-refractivity contribution < 1.29 is 42.3 Å². The number of hydrogen-bond acceptors (Lipinski definition) is 7. The molecule has 1 amide bonds. The molecule has 1 unspecified atom stereocenters. The van der Waals surface area contributed by atoms with Gasteiger partial charge in [0.15, 0.2) is 5.25 Å². The van der Waals surface area contributed by atoms with Crippen LogP contribution in [0.1, 0.15) is 103 Å². The van der Waals surface area contributed by atoms with Crippen LogP contribution in [-0.4, -0.2) is 77.5 Å². The first-order valence-corrected chi connectivity index (χ1v) is 15.0. The highest BCUT2D eigenvalue weighted by molar-refractivity contribution is 7.87. The Morgan fingerprint density at radius 3 is 1.92 bits per heavy atom. The molecule has 0 saturated carbocycles. The summed E-state index contributed by atoms with van der Waals surface area (Å²) in [6, 6.07) is 0. The minimum atomic E-state index is -4.95. The Bertz CT molecular complexity index is 768. The minimum absolute atomic E-state index is 0.0141. The molecule has 0 fully saturated rings. The number of amides is 1. The maximum absolute atomic E-state index is 12.4. The molecule has 1 atom stereocenters. The highest BCUT2D eigenvalue weighted by Crippen LogP contribution is 2.11. The van der Waals surface area contributed by atoms with Gasteiger partial charge in [0.1, 0.15) is 6.61 Å². The van der Waals surface area contributed by atoms with Crippen LogP contribution in [0.5, 0.6) is 0 Å². The first-order valence-electron chi connectivity index (χ1n) is 13.5. The highest BCUT2D eigenvalue weighted by atomic mass is 32.2. The zero-order valence-corrected chi connectivity index (χ0v) is 23.1. The number of unbranched alkanes of at least 4 members (excludes halogenated alkanes) is 11. The van der Waals surface area contributed by atoms with E-state index in [4.69, 9.17) is 14.4 Å². The van der Waals surface area contributed by atoms with Gasteiger partial charge in [-0.2, -0.15) is 8.42 Å². The fourth-order valence-electron chi connectivity index (χ4n) is 3.79. The summed E-state index contributed by atoms with van der Waals surface area (Å²) in [5.74, 6) is -3.18. The molecule has 0 aliphatic rings. The second kappa shape index (κ2) is 22.0. The van der Waals surface area contributed by atoms with Crippen molar-refractivity contribution in [3.05, 3.63) is 12.2 Å². The molecule has 0 saturated heterocycles. The molecule has 3 N–H and O–H groups in total. The van der Waals surface area contributed by atoms with E-state index in [9.17, 15) is 27.9 Å². The summed E-state index contributed by atoms with van der Waals surface area (Å²) in [6.07, 6.45) is 18.8. The van der Waals surface area contributed by atoms with Crippen LogP contribution < -0.4 is 0 Å². The van der Waals surface area contributed by atoms with Crippen molar-refractivity contribution in [2.45, 2.75) is 108 Å². The lowest BCUT2D eigenvalue weighted by Crippen LogP contribution is -2.37. The number of carboxylic acids is 1. The van der Waals surface area contributed by atoms with E-state index in [-0.39, 0.29) is 32.2 Å². The average Bonchev–Trinajstić information content (AvgIpc) is 2.83. The second-order valence-corrected chi connectivity index (χ2v) is 10.8. The number of esters is 1. The summed E-state index contributed by atoms with van der Waals surface area (Å²) < 4.78 is 35.8. The van der Waals surface area contributed by atoms with E-state index in [0.717, 1.165) is 38.5 Å². The number of allylic oxidation sites excluding steroid dienone is 2.